The maximum Gasteiger partial charge on any atom is 0.191 e. The van der Waals surface area contributed by atoms with Gasteiger partial charge in [0.15, 0.2) is 5.96 Å². The molecule has 2 aromatic rings. The number of halogens is 1. The Labute approximate surface area is 168 Å². The summed E-state index contributed by atoms with van der Waals surface area (Å²) in [7, 11) is 1.85. The van der Waals surface area contributed by atoms with Crippen molar-refractivity contribution in [2.75, 3.05) is 26.7 Å². The molecule has 26 heavy (non-hydrogen) atoms. The van der Waals surface area contributed by atoms with E-state index in [4.69, 9.17) is 0 Å². The summed E-state index contributed by atoms with van der Waals surface area (Å²) in [5.41, 5.74) is 1.38. The van der Waals surface area contributed by atoms with Crippen LogP contribution >= 0.6 is 27.3 Å². The zero-order valence-corrected chi connectivity index (χ0v) is 17.7. The molecule has 0 amide bonds. The number of nitrogens with one attached hydrogen (secondary N) is 2. The molecule has 0 unspecified atom stereocenters. The predicted octanol–water partition coefficient (Wildman–Crippen LogP) is 3.88. The predicted molar refractivity (Wildman–Crippen MR) is 115 cm³/mol. The fourth-order valence-corrected chi connectivity index (χ4v) is 4.20. The van der Waals surface area contributed by atoms with Crippen molar-refractivity contribution in [3.05, 3.63) is 56.7 Å². The molecule has 0 aliphatic carbocycles. The Morgan fingerprint density at radius 2 is 2.00 bits per heavy atom. The largest absolute Gasteiger partial charge is 0.356 e. The van der Waals surface area contributed by atoms with Crippen LogP contribution < -0.4 is 10.6 Å². The van der Waals surface area contributed by atoms with Crippen LogP contribution in [-0.2, 0) is 13.0 Å². The molecular formula is C20H27BrN4S. The number of aliphatic imine (C=N–C) groups is 1. The Balaban J connectivity index is 1.37. The summed E-state index contributed by atoms with van der Waals surface area (Å²) < 4.78 is 1.14. The average molecular weight is 435 g/mol. The molecule has 2 N–H and O–H groups in total. The second-order valence-electron chi connectivity index (χ2n) is 6.65. The van der Waals surface area contributed by atoms with Gasteiger partial charge < -0.3 is 10.6 Å². The van der Waals surface area contributed by atoms with Gasteiger partial charge in [-0.3, -0.25) is 9.89 Å². The van der Waals surface area contributed by atoms with E-state index in [9.17, 15) is 0 Å². The topological polar surface area (TPSA) is 39.7 Å². The maximum absolute atomic E-state index is 4.38. The third-order valence-electron chi connectivity index (χ3n) is 4.72. The Morgan fingerprint density at radius 3 is 2.65 bits per heavy atom. The van der Waals surface area contributed by atoms with Crippen LogP contribution in [0.15, 0.2) is 51.2 Å². The fraction of sp³-hybridized carbons (Fsp3) is 0.450. The highest BCUT2D eigenvalue weighted by molar-refractivity contribution is 9.10. The van der Waals surface area contributed by atoms with Gasteiger partial charge in [-0.2, -0.15) is 0 Å². The van der Waals surface area contributed by atoms with Gasteiger partial charge in [-0.15, -0.1) is 11.3 Å². The number of guanidine groups is 1. The van der Waals surface area contributed by atoms with Gasteiger partial charge in [-0.25, -0.2) is 0 Å². The number of hydrogen-bond donors (Lipinski definition) is 2. The van der Waals surface area contributed by atoms with Gasteiger partial charge in [0.2, 0.25) is 0 Å². The van der Waals surface area contributed by atoms with Crippen molar-refractivity contribution in [1.82, 2.24) is 15.5 Å². The molecule has 4 nitrogen and oxygen atoms in total. The molecule has 1 aromatic heterocycles. The molecule has 1 aliphatic heterocycles. The highest BCUT2D eigenvalue weighted by Gasteiger charge is 2.20. The second-order valence-corrected chi connectivity index (χ2v) is 8.60. The molecule has 6 heteroatoms. The molecule has 0 spiro atoms. The minimum atomic E-state index is 0.504. The Morgan fingerprint density at radius 1 is 1.23 bits per heavy atom. The lowest BCUT2D eigenvalue weighted by atomic mass is 10.0. The van der Waals surface area contributed by atoms with Crippen LogP contribution in [-0.4, -0.2) is 43.6 Å². The number of rotatable bonds is 6. The Kier molecular flexibility index (Phi) is 7.53. The molecule has 140 valence electrons. The van der Waals surface area contributed by atoms with Crippen molar-refractivity contribution >= 4 is 33.2 Å². The van der Waals surface area contributed by atoms with Crippen LogP contribution in [0.3, 0.4) is 0 Å². The third kappa shape index (κ3) is 6.11. The minimum Gasteiger partial charge on any atom is -0.356 e. The maximum atomic E-state index is 4.38. The SMILES string of the molecule is CN=C(NCCc1cccs1)NC1CCN(Cc2ccc(Br)cc2)CC1. The van der Waals surface area contributed by atoms with E-state index in [1.54, 1.807) is 0 Å². The molecule has 1 fully saturated rings. The molecule has 1 saturated heterocycles. The summed E-state index contributed by atoms with van der Waals surface area (Å²) >= 11 is 5.31. The fourth-order valence-electron chi connectivity index (χ4n) is 3.23. The van der Waals surface area contributed by atoms with Gasteiger partial charge in [0.25, 0.3) is 0 Å². The van der Waals surface area contributed by atoms with Crippen LogP contribution in [0.1, 0.15) is 23.3 Å². The number of likely N-dealkylation sites (tertiary alicyclic amines) is 1. The van der Waals surface area contributed by atoms with E-state index in [-0.39, 0.29) is 0 Å². The lowest BCUT2D eigenvalue weighted by Gasteiger charge is -2.33. The number of thiophene rings is 1. The van der Waals surface area contributed by atoms with Gasteiger partial charge in [0.1, 0.15) is 0 Å². The summed E-state index contributed by atoms with van der Waals surface area (Å²) in [6, 6.07) is 13.4. The van der Waals surface area contributed by atoms with Gasteiger partial charge in [-0.05, 0) is 48.4 Å². The van der Waals surface area contributed by atoms with Crippen LogP contribution in [0.25, 0.3) is 0 Å². The van der Waals surface area contributed by atoms with Crippen molar-refractivity contribution in [1.29, 1.82) is 0 Å². The standard InChI is InChI=1S/C20H27BrN4S/c1-22-20(23-11-8-19-3-2-14-26-19)24-18-9-12-25(13-10-18)15-16-4-6-17(21)7-5-16/h2-7,14,18H,8-13,15H2,1H3,(H2,22,23,24). The van der Waals surface area contributed by atoms with Crippen molar-refractivity contribution in [2.24, 2.45) is 4.99 Å². The molecule has 0 atom stereocenters. The molecule has 0 saturated carbocycles. The van der Waals surface area contributed by atoms with E-state index in [0.717, 1.165) is 55.9 Å². The molecular weight excluding hydrogens is 408 g/mol. The van der Waals surface area contributed by atoms with Gasteiger partial charge in [-0.1, -0.05) is 34.1 Å². The van der Waals surface area contributed by atoms with Gasteiger partial charge >= 0.3 is 0 Å². The van der Waals surface area contributed by atoms with Gasteiger partial charge in [0, 0.05) is 48.6 Å². The van der Waals surface area contributed by atoms with Crippen molar-refractivity contribution < 1.29 is 0 Å². The first-order valence-electron chi connectivity index (χ1n) is 9.19. The normalized spacial score (nSPS) is 16.6. The van der Waals surface area contributed by atoms with Crippen LogP contribution in [0.5, 0.6) is 0 Å². The molecule has 1 aliphatic rings. The first kappa shape index (κ1) is 19.4. The molecule has 2 heterocycles. The molecule has 3 rings (SSSR count). The zero-order chi connectivity index (χ0) is 18.2. The molecule has 0 radical (unpaired) electrons. The van der Waals surface area contributed by atoms with E-state index >= 15 is 0 Å². The highest BCUT2D eigenvalue weighted by atomic mass is 79.9. The van der Waals surface area contributed by atoms with Crippen LogP contribution in [0.4, 0.5) is 0 Å². The number of piperidine rings is 1. The zero-order valence-electron chi connectivity index (χ0n) is 15.2. The summed E-state index contributed by atoms with van der Waals surface area (Å²) in [5, 5.41) is 9.16. The smallest absolute Gasteiger partial charge is 0.191 e. The van der Waals surface area contributed by atoms with Crippen LogP contribution in [0.2, 0.25) is 0 Å². The first-order chi connectivity index (χ1) is 12.7. The van der Waals surface area contributed by atoms with Gasteiger partial charge in [0.05, 0.1) is 0 Å². The quantitative estimate of drug-likeness (QED) is 0.535. The highest BCUT2D eigenvalue weighted by Crippen LogP contribution is 2.16. The first-order valence-corrected chi connectivity index (χ1v) is 10.9. The lowest BCUT2D eigenvalue weighted by molar-refractivity contribution is 0.198. The minimum absolute atomic E-state index is 0.504. The average Bonchev–Trinajstić information content (AvgIpc) is 3.18. The van der Waals surface area contributed by atoms with E-state index in [1.165, 1.54) is 10.4 Å². The second kappa shape index (κ2) is 10.1. The monoisotopic (exact) mass is 434 g/mol. The van der Waals surface area contributed by atoms with E-state index < -0.39 is 0 Å². The molecule has 1 aromatic carbocycles. The van der Waals surface area contributed by atoms with E-state index in [0.29, 0.717) is 6.04 Å². The lowest BCUT2D eigenvalue weighted by Crippen LogP contribution is -2.48. The number of hydrogen-bond acceptors (Lipinski definition) is 3. The summed E-state index contributed by atoms with van der Waals surface area (Å²) in [6.07, 6.45) is 3.36. The Hall–Kier alpha value is -1.37. The Bertz CT molecular complexity index is 676. The molecule has 0 bridgehead atoms. The summed E-state index contributed by atoms with van der Waals surface area (Å²) in [6.45, 7) is 4.20. The summed E-state index contributed by atoms with van der Waals surface area (Å²) in [4.78, 5) is 8.32. The third-order valence-corrected chi connectivity index (χ3v) is 6.18. The van der Waals surface area contributed by atoms with Crippen molar-refractivity contribution in [2.45, 2.75) is 31.8 Å². The number of benzene rings is 1. The summed E-state index contributed by atoms with van der Waals surface area (Å²) in [5.74, 6) is 0.924. The van der Waals surface area contributed by atoms with Crippen LogP contribution in [0, 0.1) is 0 Å². The number of nitrogens with zero attached hydrogens (tertiary/aromatic N) is 2. The van der Waals surface area contributed by atoms with E-state index in [2.05, 4.69) is 78.2 Å². The van der Waals surface area contributed by atoms with E-state index in [1.807, 2.05) is 18.4 Å². The van der Waals surface area contributed by atoms with Crippen molar-refractivity contribution in [3.8, 4) is 0 Å². The van der Waals surface area contributed by atoms with Crippen molar-refractivity contribution in [3.63, 3.8) is 0 Å².